The molecular formula is C17H25NO4. The topological polar surface area (TPSA) is 63.7 Å². The number of imide groups is 1. The second-order valence-corrected chi connectivity index (χ2v) is 5.40. The van der Waals surface area contributed by atoms with Gasteiger partial charge in [0.25, 0.3) is 11.8 Å². The van der Waals surface area contributed by atoms with E-state index in [1.807, 2.05) is 0 Å². The number of ether oxygens (including phenoxy) is 1. The van der Waals surface area contributed by atoms with Crippen LogP contribution >= 0.6 is 0 Å². The van der Waals surface area contributed by atoms with Gasteiger partial charge in [0.05, 0.1) is 6.26 Å². The zero-order valence-electron chi connectivity index (χ0n) is 13.1. The third-order valence-electron chi connectivity index (χ3n) is 3.63. The molecule has 0 bridgehead atoms. The number of unbranched alkanes of at least 4 members (excludes halogenated alkanes) is 7. The highest BCUT2D eigenvalue weighted by Crippen LogP contribution is 2.11. The fourth-order valence-electron chi connectivity index (χ4n) is 2.40. The molecule has 1 aliphatic heterocycles. The van der Waals surface area contributed by atoms with Gasteiger partial charge in [-0.3, -0.25) is 19.3 Å². The van der Waals surface area contributed by atoms with Gasteiger partial charge in [0, 0.05) is 25.1 Å². The SMILES string of the molecule is C=COC(=O)CCCCCCCCCCN1C(=O)C=CC1=O. The molecule has 22 heavy (non-hydrogen) atoms. The highest BCUT2D eigenvalue weighted by Gasteiger charge is 2.21. The molecule has 1 aliphatic rings. The highest BCUT2D eigenvalue weighted by atomic mass is 16.5. The van der Waals surface area contributed by atoms with Crippen molar-refractivity contribution in [3.8, 4) is 0 Å². The molecule has 5 nitrogen and oxygen atoms in total. The van der Waals surface area contributed by atoms with E-state index in [2.05, 4.69) is 11.3 Å². The molecular weight excluding hydrogens is 282 g/mol. The first kappa shape index (κ1) is 18.1. The summed E-state index contributed by atoms with van der Waals surface area (Å²) >= 11 is 0. The molecule has 0 aromatic heterocycles. The monoisotopic (exact) mass is 307 g/mol. The zero-order chi connectivity index (χ0) is 16.2. The van der Waals surface area contributed by atoms with Gasteiger partial charge in [-0.15, -0.1) is 0 Å². The number of carbonyl (C=O) groups is 3. The third kappa shape index (κ3) is 7.20. The van der Waals surface area contributed by atoms with Gasteiger partial charge in [-0.2, -0.15) is 0 Å². The van der Waals surface area contributed by atoms with Crippen molar-refractivity contribution < 1.29 is 19.1 Å². The van der Waals surface area contributed by atoms with Crippen molar-refractivity contribution >= 4 is 17.8 Å². The van der Waals surface area contributed by atoms with Crippen molar-refractivity contribution in [3.05, 3.63) is 25.0 Å². The largest absolute Gasteiger partial charge is 0.435 e. The molecule has 0 spiro atoms. The number of amides is 2. The van der Waals surface area contributed by atoms with Crippen LogP contribution in [0, 0.1) is 0 Å². The van der Waals surface area contributed by atoms with Gasteiger partial charge in [0.15, 0.2) is 0 Å². The lowest BCUT2D eigenvalue weighted by molar-refractivity contribution is -0.138. The van der Waals surface area contributed by atoms with Gasteiger partial charge in [-0.1, -0.05) is 45.1 Å². The van der Waals surface area contributed by atoms with Gasteiger partial charge in [-0.25, -0.2) is 0 Å². The van der Waals surface area contributed by atoms with Crippen molar-refractivity contribution in [3.63, 3.8) is 0 Å². The Morgan fingerprint density at radius 2 is 1.45 bits per heavy atom. The van der Waals surface area contributed by atoms with Crippen LogP contribution in [0.3, 0.4) is 0 Å². The van der Waals surface area contributed by atoms with Gasteiger partial charge >= 0.3 is 5.97 Å². The molecule has 0 aromatic carbocycles. The summed E-state index contributed by atoms with van der Waals surface area (Å²) in [5, 5.41) is 0. The van der Waals surface area contributed by atoms with Crippen molar-refractivity contribution in [2.75, 3.05) is 6.54 Å². The molecule has 0 aromatic rings. The number of nitrogens with zero attached hydrogens (tertiary/aromatic N) is 1. The van der Waals surface area contributed by atoms with Gasteiger partial charge in [0.2, 0.25) is 0 Å². The Bertz CT molecular complexity index is 410. The molecule has 5 heteroatoms. The molecule has 0 unspecified atom stereocenters. The van der Waals surface area contributed by atoms with E-state index in [-0.39, 0.29) is 17.8 Å². The Hall–Kier alpha value is -1.91. The first-order valence-corrected chi connectivity index (χ1v) is 7.99. The summed E-state index contributed by atoms with van der Waals surface area (Å²) in [5.74, 6) is -0.601. The van der Waals surface area contributed by atoms with E-state index >= 15 is 0 Å². The van der Waals surface area contributed by atoms with Gasteiger partial charge < -0.3 is 4.74 Å². The standard InChI is InChI=1S/C17H25NO4/c1-2-22-17(21)11-9-7-5-3-4-6-8-10-14-18-15(19)12-13-16(18)20/h2,12-13H,1,3-11,14H2. The Kier molecular flexibility index (Phi) is 8.88. The minimum Gasteiger partial charge on any atom is -0.435 e. The lowest BCUT2D eigenvalue weighted by atomic mass is 10.1. The van der Waals surface area contributed by atoms with Crippen LogP contribution in [0.25, 0.3) is 0 Å². The number of hydrogen-bond acceptors (Lipinski definition) is 4. The first-order valence-electron chi connectivity index (χ1n) is 7.99. The van der Waals surface area contributed by atoms with E-state index < -0.39 is 0 Å². The predicted molar refractivity (Wildman–Crippen MR) is 83.7 cm³/mol. The van der Waals surface area contributed by atoms with Crippen molar-refractivity contribution in [2.24, 2.45) is 0 Å². The number of esters is 1. The molecule has 1 heterocycles. The average Bonchev–Trinajstić information content (AvgIpc) is 2.81. The lowest BCUT2D eigenvalue weighted by Crippen LogP contribution is -2.30. The van der Waals surface area contributed by atoms with E-state index in [9.17, 15) is 14.4 Å². The lowest BCUT2D eigenvalue weighted by Gasteiger charge is -2.12. The highest BCUT2D eigenvalue weighted by molar-refractivity contribution is 6.12. The van der Waals surface area contributed by atoms with E-state index in [1.54, 1.807) is 0 Å². The minimum atomic E-state index is -0.213. The predicted octanol–water partition coefficient (Wildman–Crippen LogP) is 3.11. The molecule has 122 valence electrons. The summed E-state index contributed by atoms with van der Waals surface area (Å²) < 4.78 is 4.64. The van der Waals surface area contributed by atoms with Crippen molar-refractivity contribution in [1.29, 1.82) is 0 Å². The van der Waals surface area contributed by atoms with Crippen molar-refractivity contribution in [1.82, 2.24) is 4.90 Å². The molecule has 0 saturated carbocycles. The van der Waals surface area contributed by atoms with E-state index in [4.69, 9.17) is 0 Å². The third-order valence-corrected chi connectivity index (χ3v) is 3.63. The Labute approximate surface area is 132 Å². The molecule has 0 N–H and O–H groups in total. The minimum absolute atomic E-state index is 0.194. The fraction of sp³-hybridized carbons (Fsp3) is 0.588. The smallest absolute Gasteiger partial charge is 0.310 e. The van der Waals surface area contributed by atoms with Crippen LogP contribution in [0.15, 0.2) is 25.0 Å². The molecule has 1 rings (SSSR count). The summed E-state index contributed by atoms with van der Waals surface area (Å²) in [6.07, 6.45) is 12.6. The van der Waals surface area contributed by atoms with Gasteiger partial charge in [-0.05, 0) is 12.8 Å². The number of rotatable bonds is 12. The molecule has 0 atom stereocenters. The maximum atomic E-state index is 11.3. The maximum Gasteiger partial charge on any atom is 0.310 e. The Morgan fingerprint density at radius 1 is 0.955 bits per heavy atom. The summed E-state index contributed by atoms with van der Waals surface area (Å²) in [5.41, 5.74) is 0. The van der Waals surface area contributed by atoms with Crippen LogP contribution in [0.4, 0.5) is 0 Å². The summed E-state index contributed by atoms with van der Waals surface area (Å²) in [6, 6.07) is 0. The van der Waals surface area contributed by atoms with E-state index in [0.717, 1.165) is 51.4 Å². The summed E-state index contributed by atoms with van der Waals surface area (Å²) in [7, 11) is 0. The molecule has 2 amide bonds. The van der Waals surface area contributed by atoms with E-state index in [1.165, 1.54) is 23.3 Å². The normalized spacial score (nSPS) is 13.7. The molecule has 0 aliphatic carbocycles. The summed E-state index contributed by atoms with van der Waals surface area (Å²) in [6.45, 7) is 3.86. The average molecular weight is 307 g/mol. The van der Waals surface area contributed by atoms with Crippen LogP contribution in [0.1, 0.15) is 57.8 Å². The van der Waals surface area contributed by atoms with Crippen LogP contribution < -0.4 is 0 Å². The summed E-state index contributed by atoms with van der Waals surface area (Å²) in [4.78, 5) is 35.0. The number of carbonyl (C=O) groups excluding carboxylic acids is 3. The van der Waals surface area contributed by atoms with Gasteiger partial charge in [0.1, 0.15) is 0 Å². The maximum absolute atomic E-state index is 11.3. The molecule has 0 fully saturated rings. The quantitative estimate of drug-likeness (QED) is 0.240. The molecule has 0 saturated heterocycles. The first-order chi connectivity index (χ1) is 10.6. The zero-order valence-corrected chi connectivity index (χ0v) is 13.1. The fourth-order valence-corrected chi connectivity index (χ4v) is 2.40. The van der Waals surface area contributed by atoms with Crippen molar-refractivity contribution in [2.45, 2.75) is 57.8 Å². The van der Waals surface area contributed by atoms with Crippen LogP contribution in [0.5, 0.6) is 0 Å². The second kappa shape index (κ2) is 10.8. The van der Waals surface area contributed by atoms with Crippen LogP contribution in [0.2, 0.25) is 0 Å². The Balaban J connectivity index is 1.86. The second-order valence-electron chi connectivity index (χ2n) is 5.40. The molecule has 0 radical (unpaired) electrons. The van der Waals surface area contributed by atoms with Crippen LogP contribution in [-0.2, 0) is 19.1 Å². The van der Waals surface area contributed by atoms with Crippen LogP contribution in [-0.4, -0.2) is 29.2 Å². The van der Waals surface area contributed by atoms with E-state index in [0.29, 0.717) is 13.0 Å². The number of hydrogen-bond donors (Lipinski definition) is 0. The Morgan fingerprint density at radius 3 is 2.00 bits per heavy atom.